The lowest BCUT2D eigenvalue weighted by Crippen LogP contribution is -2.33. The molecule has 0 spiro atoms. The van der Waals surface area contributed by atoms with Crippen LogP contribution in [0.15, 0.2) is 60.7 Å². The first-order valence-electron chi connectivity index (χ1n) is 11.4. The first kappa shape index (κ1) is 23.4. The zero-order valence-corrected chi connectivity index (χ0v) is 20.3. The monoisotopic (exact) mass is 458 g/mol. The maximum atomic E-state index is 13.0. The van der Waals surface area contributed by atoms with Gasteiger partial charge in [-0.2, -0.15) is 0 Å². The Morgan fingerprint density at radius 2 is 1.62 bits per heavy atom. The molecule has 0 radical (unpaired) electrons. The van der Waals surface area contributed by atoms with Crippen molar-refractivity contribution in [1.29, 1.82) is 0 Å². The summed E-state index contributed by atoms with van der Waals surface area (Å²) in [6, 6.07) is 20.6. The molecule has 0 fully saturated rings. The van der Waals surface area contributed by atoms with Gasteiger partial charge in [0.2, 0.25) is 0 Å². The van der Waals surface area contributed by atoms with Gasteiger partial charge in [-0.25, -0.2) is 9.59 Å². The van der Waals surface area contributed by atoms with Crippen LogP contribution in [0.25, 0.3) is 32.8 Å². The normalized spacial score (nSPS) is 11.6. The highest BCUT2D eigenvalue weighted by Gasteiger charge is 2.24. The Kier molecular flexibility index (Phi) is 6.33. The Labute approximate surface area is 199 Å². The third kappa shape index (κ3) is 4.76. The molecule has 3 aromatic carbocycles. The Morgan fingerprint density at radius 1 is 0.941 bits per heavy atom. The van der Waals surface area contributed by atoms with Gasteiger partial charge >= 0.3 is 12.1 Å². The van der Waals surface area contributed by atoms with E-state index in [4.69, 9.17) is 9.47 Å². The molecule has 0 aliphatic carbocycles. The number of carbonyl (C=O) groups excluding carboxylic acids is 2. The third-order valence-electron chi connectivity index (χ3n) is 5.68. The molecule has 1 aromatic heterocycles. The SMILES string of the molecule is CCOC(=O)c1c(CNC(=O)OC(C)(C)C)n(C)c2ccc(-c3ccc4ccccc4c3)cc12. The van der Waals surface area contributed by atoms with Gasteiger partial charge in [0.05, 0.1) is 24.4 Å². The number of benzene rings is 3. The summed E-state index contributed by atoms with van der Waals surface area (Å²) >= 11 is 0. The number of nitrogens with zero attached hydrogens (tertiary/aromatic N) is 1. The molecule has 1 heterocycles. The molecule has 0 aliphatic rings. The number of fused-ring (bicyclic) bond motifs is 2. The lowest BCUT2D eigenvalue weighted by molar-refractivity contribution is 0.0502. The van der Waals surface area contributed by atoms with Gasteiger partial charge in [-0.15, -0.1) is 0 Å². The summed E-state index contributed by atoms with van der Waals surface area (Å²) in [5.74, 6) is -0.412. The first-order chi connectivity index (χ1) is 16.2. The number of carbonyl (C=O) groups is 2. The van der Waals surface area contributed by atoms with Gasteiger partial charge in [-0.05, 0) is 67.8 Å². The van der Waals surface area contributed by atoms with Crippen LogP contribution >= 0.6 is 0 Å². The van der Waals surface area contributed by atoms with Gasteiger partial charge in [0.15, 0.2) is 0 Å². The predicted octanol–water partition coefficient (Wildman–Crippen LogP) is 6.20. The van der Waals surface area contributed by atoms with Crippen molar-refractivity contribution in [3.8, 4) is 11.1 Å². The molecule has 0 bridgehead atoms. The number of hydrogen-bond donors (Lipinski definition) is 1. The minimum Gasteiger partial charge on any atom is -0.462 e. The third-order valence-corrected chi connectivity index (χ3v) is 5.68. The number of hydrogen-bond acceptors (Lipinski definition) is 4. The summed E-state index contributed by atoms with van der Waals surface area (Å²) in [6.07, 6.45) is -0.538. The summed E-state index contributed by atoms with van der Waals surface area (Å²) in [7, 11) is 1.88. The lowest BCUT2D eigenvalue weighted by Gasteiger charge is -2.20. The van der Waals surface area contributed by atoms with E-state index in [-0.39, 0.29) is 13.2 Å². The van der Waals surface area contributed by atoms with Crippen LogP contribution in [0, 0.1) is 0 Å². The first-order valence-corrected chi connectivity index (χ1v) is 11.4. The fraction of sp³-hybridized carbons (Fsp3) is 0.286. The standard InChI is InChI=1S/C28H30N2O4/c1-6-33-26(31)25-22-16-21(20-12-11-18-9-7-8-10-19(18)15-20)13-14-23(22)30(5)24(25)17-29-27(32)34-28(2,3)4/h7-16H,6,17H2,1-5H3,(H,29,32). The van der Waals surface area contributed by atoms with Crippen LogP contribution in [0.4, 0.5) is 4.79 Å². The molecule has 176 valence electrons. The summed E-state index contributed by atoms with van der Waals surface area (Å²) in [5.41, 5.74) is 3.46. The fourth-order valence-electron chi connectivity index (χ4n) is 4.15. The topological polar surface area (TPSA) is 69.6 Å². The number of nitrogens with one attached hydrogen (secondary N) is 1. The van der Waals surface area contributed by atoms with Gasteiger partial charge in [0.25, 0.3) is 0 Å². The molecule has 1 N–H and O–H groups in total. The number of aromatic nitrogens is 1. The van der Waals surface area contributed by atoms with Crippen LogP contribution in [-0.4, -0.2) is 28.8 Å². The molecule has 34 heavy (non-hydrogen) atoms. The van der Waals surface area contributed by atoms with Crippen LogP contribution in [0.3, 0.4) is 0 Å². The number of ether oxygens (including phenoxy) is 2. The quantitative estimate of drug-likeness (QED) is 0.362. The van der Waals surface area contributed by atoms with Gasteiger partial charge in [0.1, 0.15) is 5.60 Å². The van der Waals surface area contributed by atoms with Crippen molar-refractivity contribution in [2.24, 2.45) is 7.05 Å². The van der Waals surface area contributed by atoms with E-state index in [1.165, 1.54) is 5.39 Å². The van der Waals surface area contributed by atoms with E-state index in [1.807, 2.05) is 62.7 Å². The zero-order chi connectivity index (χ0) is 24.5. The second kappa shape index (κ2) is 9.21. The highest BCUT2D eigenvalue weighted by Crippen LogP contribution is 2.32. The number of esters is 1. The van der Waals surface area contributed by atoms with E-state index >= 15 is 0 Å². The van der Waals surface area contributed by atoms with Crippen LogP contribution in [-0.2, 0) is 23.1 Å². The van der Waals surface area contributed by atoms with Crippen LogP contribution < -0.4 is 5.32 Å². The molecule has 4 rings (SSSR count). The van der Waals surface area contributed by atoms with Crippen molar-refractivity contribution in [1.82, 2.24) is 9.88 Å². The van der Waals surface area contributed by atoms with Crippen LogP contribution in [0.2, 0.25) is 0 Å². The molecule has 0 atom stereocenters. The predicted molar refractivity (Wildman–Crippen MR) is 135 cm³/mol. The molecular weight excluding hydrogens is 428 g/mol. The summed E-state index contributed by atoms with van der Waals surface area (Å²) < 4.78 is 12.7. The molecule has 6 nitrogen and oxygen atoms in total. The van der Waals surface area contributed by atoms with E-state index in [0.29, 0.717) is 11.3 Å². The average molecular weight is 459 g/mol. The maximum absolute atomic E-state index is 13.0. The van der Waals surface area contributed by atoms with Crippen LogP contribution in [0.1, 0.15) is 43.7 Å². The minimum atomic E-state index is -0.609. The van der Waals surface area contributed by atoms with Crippen molar-refractivity contribution in [3.63, 3.8) is 0 Å². The molecular formula is C28H30N2O4. The Morgan fingerprint density at radius 3 is 2.32 bits per heavy atom. The van der Waals surface area contributed by atoms with E-state index in [1.54, 1.807) is 6.92 Å². The second-order valence-electron chi connectivity index (χ2n) is 9.25. The van der Waals surface area contributed by atoms with Crippen molar-refractivity contribution >= 4 is 33.7 Å². The maximum Gasteiger partial charge on any atom is 0.407 e. The number of alkyl carbamates (subject to hydrolysis) is 1. The molecule has 6 heteroatoms. The van der Waals surface area contributed by atoms with Crippen LogP contribution in [0.5, 0.6) is 0 Å². The van der Waals surface area contributed by atoms with Crippen molar-refractivity contribution < 1.29 is 19.1 Å². The Hall–Kier alpha value is -3.80. The van der Waals surface area contributed by atoms with E-state index in [9.17, 15) is 9.59 Å². The van der Waals surface area contributed by atoms with Gasteiger partial charge in [0, 0.05) is 18.0 Å². The van der Waals surface area contributed by atoms with E-state index in [0.717, 1.165) is 27.4 Å². The zero-order valence-electron chi connectivity index (χ0n) is 20.3. The van der Waals surface area contributed by atoms with Gasteiger partial charge in [-0.1, -0.05) is 42.5 Å². The largest absolute Gasteiger partial charge is 0.462 e. The summed E-state index contributed by atoms with van der Waals surface area (Å²) in [6.45, 7) is 7.60. The molecule has 0 unspecified atom stereocenters. The number of aryl methyl sites for hydroxylation is 1. The van der Waals surface area contributed by atoms with Gasteiger partial charge < -0.3 is 19.4 Å². The lowest BCUT2D eigenvalue weighted by atomic mass is 9.99. The Bertz CT molecular complexity index is 1380. The molecule has 0 saturated carbocycles. The smallest absolute Gasteiger partial charge is 0.407 e. The van der Waals surface area contributed by atoms with Crippen molar-refractivity contribution in [3.05, 3.63) is 71.9 Å². The molecule has 0 saturated heterocycles. The highest BCUT2D eigenvalue weighted by molar-refractivity contribution is 6.07. The number of rotatable bonds is 5. The van der Waals surface area contributed by atoms with E-state index in [2.05, 4.69) is 35.6 Å². The number of amides is 1. The minimum absolute atomic E-state index is 0.138. The highest BCUT2D eigenvalue weighted by atomic mass is 16.6. The molecule has 0 aliphatic heterocycles. The molecule has 4 aromatic rings. The van der Waals surface area contributed by atoms with Crippen molar-refractivity contribution in [2.75, 3.05) is 6.61 Å². The summed E-state index contributed by atoms with van der Waals surface area (Å²) in [5, 5.41) is 5.89. The van der Waals surface area contributed by atoms with Crippen molar-refractivity contribution in [2.45, 2.75) is 39.8 Å². The average Bonchev–Trinajstić information content (AvgIpc) is 3.07. The van der Waals surface area contributed by atoms with E-state index < -0.39 is 17.7 Å². The fourth-order valence-corrected chi connectivity index (χ4v) is 4.15. The second-order valence-corrected chi connectivity index (χ2v) is 9.25. The molecule has 1 amide bonds. The van der Waals surface area contributed by atoms with Gasteiger partial charge in [-0.3, -0.25) is 0 Å². The Balaban J connectivity index is 1.77. The summed E-state index contributed by atoms with van der Waals surface area (Å²) in [4.78, 5) is 25.3.